The van der Waals surface area contributed by atoms with Crippen LogP contribution in [-0.2, 0) is 4.79 Å². The van der Waals surface area contributed by atoms with Gasteiger partial charge in [-0.25, -0.2) is 9.18 Å². The number of aliphatic hydroxyl groups is 1. The molecule has 3 N–H and O–H groups in total. The first-order valence-electron chi connectivity index (χ1n) is 5.00. The third-order valence-corrected chi connectivity index (χ3v) is 2.52. The minimum absolute atomic E-state index is 0.244. The van der Waals surface area contributed by atoms with Crippen LogP contribution in [0.4, 0.5) is 4.39 Å². The summed E-state index contributed by atoms with van der Waals surface area (Å²) in [5.41, 5.74) is -0.380. The van der Waals surface area contributed by atoms with Crippen LogP contribution in [0.5, 0.6) is 0 Å². The Kier molecular flexibility index (Phi) is 4.63. The van der Waals surface area contributed by atoms with Gasteiger partial charge in [-0.1, -0.05) is 17.7 Å². The zero-order valence-corrected chi connectivity index (χ0v) is 10.1. The Labute approximate surface area is 107 Å². The maximum Gasteiger partial charge on any atom is 0.328 e. The predicted molar refractivity (Wildman–Crippen MR) is 62.0 cm³/mol. The molecule has 0 bridgehead atoms. The largest absolute Gasteiger partial charge is 0.480 e. The topological polar surface area (TPSA) is 86.6 Å². The van der Waals surface area contributed by atoms with Crippen LogP contribution in [0.1, 0.15) is 17.3 Å². The number of halogens is 2. The van der Waals surface area contributed by atoms with Gasteiger partial charge >= 0.3 is 5.97 Å². The first-order chi connectivity index (χ1) is 8.34. The summed E-state index contributed by atoms with van der Waals surface area (Å²) >= 11 is 5.50. The van der Waals surface area contributed by atoms with E-state index >= 15 is 0 Å². The molecule has 0 radical (unpaired) electrons. The van der Waals surface area contributed by atoms with Crippen molar-refractivity contribution in [3.8, 4) is 0 Å². The zero-order valence-electron chi connectivity index (χ0n) is 9.35. The molecule has 1 rings (SSSR count). The number of hydrogen-bond donors (Lipinski definition) is 3. The molecule has 2 atom stereocenters. The summed E-state index contributed by atoms with van der Waals surface area (Å²) in [7, 11) is 0. The van der Waals surface area contributed by atoms with Crippen LogP contribution in [0, 0.1) is 5.82 Å². The number of carboxylic acid groups (broad SMARTS) is 1. The highest BCUT2D eigenvalue weighted by molar-refractivity contribution is 6.31. The van der Waals surface area contributed by atoms with Gasteiger partial charge in [0.05, 0.1) is 16.7 Å². The van der Waals surface area contributed by atoms with Crippen molar-refractivity contribution in [2.24, 2.45) is 0 Å². The zero-order chi connectivity index (χ0) is 13.9. The number of aliphatic carboxylic acids is 1. The minimum Gasteiger partial charge on any atom is -0.480 e. The van der Waals surface area contributed by atoms with Gasteiger partial charge in [0.25, 0.3) is 5.91 Å². The Balaban J connectivity index is 2.94. The number of hydrogen-bond acceptors (Lipinski definition) is 3. The van der Waals surface area contributed by atoms with E-state index in [0.29, 0.717) is 0 Å². The van der Waals surface area contributed by atoms with Gasteiger partial charge in [0, 0.05) is 0 Å². The molecule has 1 aromatic carbocycles. The molecule has 0 aromatic heterocycles. The van der Waals surface area contributed by atoms with E-state index in [4.69, 9.17) is 16.7 Å². The van der Waals surface area contributed by atoms with Crippen LogP contribution < -0.4 is 5.32 Å². The number of carbonyl (C=O) groups excluding carboxylic acids is 1. The molecule has 1 aromatic rings. The molecule has 0 spiro atoms. The number of carboxylic acids is 1. The number of benzene rings is 1. The minimum atomic E-state index is -1.52. The van der Waals surface area contributed by atoms with E-state index in [1.807, 2.05) is 5.32 Å². The van der Waals surface area contributed by atoms with E-state index in [-0.39, 0.29) is 10.6 Å². The smallest absolute Gasteiger partial charge is 0.328 e. The maximum atomic E-state index is 13.5. The van der Waals surface area contributed by atoms with Crippen LogP contribution >= 0.6 is 11.6 Å². The number of carbonyl (C=O) groups is 2. The van der Waals surface area contributed by atoms with Crippen LogP contribution in [0.25, 0.3) is 0 Å². The summed E-state index contributed by atoms with van der Waals surface area (Å²) < 4.78 is 13.5. The third-order valence-electron chi connectivity index (χ3n) is 2.23. The van der Waals surface area contributed by atoms with Crippen molar-refractivity contribution in [2.75, 3.05) is 0 Å². The fraction of sp³-hybridized carbons (Fsp3) is 0.273. The number of nitrogens with one attached hydrogen (secondary N) is 1. The van der Waals surface area contributed by atoms with Crippen LogP contribution in [0.3, 0.4) is 0 Å². The second-order valence-electron chi connectivity index (χ2n) is 3.63. The summed E-state index contributed by atoms with van der Waals surface area (Å²) in [4.78, 5) is 22.4. The summed E-state index contributed by atoms with van der Waals surface area (Å²) in [5, 5.41) is 19.7. The van der Waals surface area contributed by atoms with Crippen molar-refractivity contribution >= 4 is 23.5 Å². The number of aliphatic hydroxyl groups excluding tert-OH is 1. The van der Waals surface area contributed by atoms with Crippen molar-refractivity contribution in [2.45, 2.75) is 19.1 Å². The highest BCUT2D eigenvalue weighted by Gasteiger charge is 2.26. The third kappa shape index (κ3) is 3.18. The second-order valence-corrected chi connectivity index (χ2v) is 4.04. The lowest BCUT2D eigenvalue weighted by atomic mass is 10.1. The lowest BCUT2D eigenvalue weighted by Gasteiger charge is -2.17. The lowest BCUT2D eigenvalue weighted by Crippen LogP contribution is -2.47. The first-order valence-corrected chi connectivity index (χ1v) is 5.38. The van der Waals surface area contributed by atoms with Crippen molar-refractivity contribution in [1.29, 1.82) is 0 Å². The monoisotopic (exact) mass is 275 g/mol. The fourth-order valence-electron chi connectivity index (χ4n) is 1.29. The SMILES string of the molecule is CC(O)C(NC(=O)c1cccc(Cl)c1F)C(=O)O. The van der Waals surface area contributed by atoms with E-state index in [2.05, 4.69) is 0 Å². The molecule has 0 fully saturated rings. The van der Waals surface area contributed by atoms with E-state index in [1.54, 1.807) is 0 Å². The van der Waals surface area contributed by atoms with Gasteiger partial charge in [-0.2, -0.15) is 0 Å². The quantitative estimate of drug-likeness (QED) is 0.766. The average molecular weight is 276 g/mol. The average Bonchev–Trinajstić information content (AvgIpc) is 2.28. The second kappa shape index (κ2) is 5.79. The van der Waals surface area contributed by atoms with Gasteiger partial charge in [-0.05, 0) is 19.1 Å². The fourth-order valence-corrected chi connectivity index (χ4v) is 1.46. The summed E-state index contributed by atoms with van der Waals surface area (Å²) in [6.07, 6.45) is -1.31. The van der Waals surface area contributed by atoms with Crippen molar-refractivity contribution < 1.29 is 24.2 Å². The number of rotatable bonds is 4. The lowest BCUT2D eigenvalue weighted by molar-refractivity contribution is -0.141. The standard InChI is InChI=1S/C11H11ClFNO4/c1-5(15)9(11(17)18)14-10(16)6-3-2-4-7(12)8(6)13/h2-5,9,15H,1H3,(H,14,16)(H,17,18). The molecular formula is C11H11ClFNO4. The summed E-state index contributed by atoms with van der Waals surface area (Å²) in [6, 6.07) is 2.27. The Morgan fingerprint density at radius 1 is 1.44 bits per heavy atom. The summed E-state index contributed by atoms with van der Waals surface area (Å²) in [5.74, 6) is -3.31. The van der Waals surface area contributed by atoms with E-state index < -0.39 is 29.8 Å². The molecule has 98 valence electrons. The van der Waals surface area contributed by atoms with Crippen LogP contribution in [-0.4, -0.2) is 34.2 Å². The van der Waals surface area contributed by atoms with Crippen molar-refractivity contribution in [3.05, 3.63) is 34.6 Å². The van der Waals surface area contributed by atoms with Crippen molar-refractivity contribution in [3.63, 3.8) is 0 Å². The molecule has 7 heteroatoms. The molecule has 0 saturated heterocycles. The molecule has 2 unspecified atom stereocenters. The normalized spacial score (nSPS) is 13.8. The van der Waals surface area contributed by atoms with Gasteiger partial charge in [0.1, 0.15) is 0 Å². The van der Waals surface area contributed by atoms with Gasteiger partial charge in [0.15, 0.2) is 11.9 Å². The van der Waals surface area contributed by atoms with E-state index in [0.717, 1.165) is 6.07 Å². The van der Waals surface area contributed by atoms with Gasteiger partial charge in [0.2, 0.25) is 0 Å². The first kappa shape index (κ1) is 14.4. The maximum absolute atomic E-state index is 13.5. The Morgan fingerprint density at radius 3 is 2.56 bits per heavy atom. The number of amides is 1. The van der Waals surface area contributed by atoms with Gasteiger partial charge < -0.3 is 15.5 Å². The predicted octanol–water partition coefficient (Wildman–Crippen LogP) is 1.04. The van der Waals surface area contributed by atoms with Gasteiger partial charge in [-0.15, -0.1) is 0 Å². The van der Waals surface area contributed by atoms with Crippen molar-refractivity contribution in [1.82, 2.24) is 5.32 Å². The highest BCUT2D eigenvalue weighted by Crippen LogP contribution is 2.17. The Morgan fingerprint density at radius 2 is 2.06 bits per heavy atom. The Bertz CT molecular complexity index is 478. The molecular weight excluding hydrogens is 265 g/mol. The van der Waals surface area contributed by atoms with E-state index in [1.165, 1.54) is 19.1 Å². The highest BCUT2D eigenvalue weighted by atomic mass is 35.5. The molecule has 0 aliphatic carbocycles. The molecule has 5 nitrogen and oxygen atoms in total. The molecule has 1 amide bonds. The molecule has 18 heavy (non-hydrogen) atoms. The van der Waals surface area contributed by atoms with Crippen LogP contribution in [0.2, 0.25) is 5.02 Å². The summed E-state index contributed by atoms with van der Waals surface area (Å²) in [6.45, 7) is 1.20. The molecule has 0 aliphatic rings. The molecule has 0 saturated carbocycles. The molecule has 0 heterocycles. The van der Waals surface area contributed by atoms with Gasteiger partial charge in [-0.3, -0.25) is 4.79 Å². The molecule has 0 aliphatic heterocycles. The van der Waals surface area contributed by atoms with Crippen LogP contribution in [0.15, 0.2) is 18.2 Å². The Hall–Kier alpha value is -1.66. The van der Waals surface area contributed by atoms with E-state index in [9.17, 15) is 19.1 Å².